The molecule has 2 aromatic rings. The Hall–Kier alpha value is -2.13. The zero-order chi connectivity index (χ0) is 16.8. The molecule has 3 rings (SSSR count). The van der Waals surface area contributed by atoms with E-state index in [0.717, 1.165) is 38.8 Å². The molecule has 0 spiro atoms. The minimum atomic E-state index is -0.640. The van der Waals surface area contributed by atoms with Gasteiger partial charge >= 0.3 is 5.97 Å². The van der Waals surface area contributed by atoms with Gasteiger partial charge in [0.15, 0.2) is 0 Å². The molecule has 0 amide bonds. The van der Waals surface area contributed by atoms with Crippen LogP contribution in [0.25, 0.3) is 0 Å². The van der Waals surface area contributed by atoms with Crippen molar-refractivity contribution in [2.24, 2.45) is 5.92 Å². The van der Waals surface area contributed by atoms with Crippen LogP contribution in [0.15, 0.2) is 60.7 Å². The van der Waals surface area contributed by atoms with Crippen LogP contribution < -0.4 is 0 Å². The molecule has 1 aliphatic rings. The largest absolute Gasteiger partial charge is 0.481 e. The van der Waals surface area contributed by atoms with Gasteiger partial charge in [0, 0.05) is 19.1 Å². The van der Waals surface area contributed by atoms with Crippen molar-refractivity contribution in [3.8, 4) is 0 Å². The lowest BCUT2D eigenvalue weighted by molar-refractivity contribution is -0.143. The first-order valence-corrected chi connectivity index (χ1v) is 8.77. The Morgan fingerprint density at radius 3 is 1.96 bits per heavy atom. The van der Waals surface area contributed by atoms with Crippen molar-refractivity contribution in [1.29, 1.82) is 0 Å². The summed E-state index contributed by atoms with van der Waals surface area (Å²) in [6, 6.07) is 21.3. The average Bonchev–Trinajstić information content (AvgIpc) is 2.63. The van der Waals surface area contributed by atoms with E-state index >= 15 is 0 Å². The average molecular weight is 323 g/mol. The Bertz CT molecular complexity index is 600. The Balaban J connectivity index is 1.77. The highest BCUT2D eigenvalue weighted by atomic mass is 16.4. The lowest BCUT2D eigenvalue weighted by Crippen LogP contribution is -2.39. The normalized spacial score (nSPS) is 20.9. The highest BCUT2D eigenvalue weighted by Gasteiger charge is 2.30. The number of benzene rings is 2. The maximum atomic E-state index is 11.4. The van der Waals surface area contributed by atoms with Gasteiger partial charge in [0.1, 0.15) is 0 Å². The second-order valence-corrected chi connectivity index (χ2v) is 6.73. The molecule has 3 nitrogen and oxygen atoms in total. The van der Waals surface area contributed by atoms with Crippen molar-refractivity contribution < 1.29 is 9.90 Å². The standard InChI is InChI=1S/C21H25NO2/c23-21(24)19-12-7-13-20(14-19)22(15-17-8-3-1-4-9-17)16-18-10-5-2-6-11-18/h1-6,8-11,19-20H,7,12-16H2,(H,23,24)/t19-,20+/m1/s1. The number of nitrogens with zero attached hydrogens (tertiary/aromatic N) is 1. The second kappa shape index (κ2) is 8.11. The summed E-state index contributed by atoms with van der Waals surface area (Å²) in [6.45, 7) is 1.74. The molecule has 2 atom stereocenters. The zero-order valence-electron chi connectivity index (χ0n) is 14.0. The fraction of sp³-hybridized carbons (Fsp3) is 0.381. The van der Waals surface area contributed by atoms with Crippen molar-refractivity contribution in [1.82, 2.24) is 4.90 Å². The van der Waals surface area contributed by atoms with Gasteiger partial charge in [0.25, 0.3) is 0 Å². The monoisotopic (exact) mass is 323 g/mol. The number of carboxylic acid groups (broad SMARTS) is 1. The molecule has 1 aliphatic carbocycles. The maximum Gasteiger partial charge on any atom is 0.306 e. The first-order valence-electron chi connectivity index (χ1n) is 8.77. The molecule has 0 unspecified atom stereocenters. The van der Waals surface area contributed by atoms with E-state index in [1.165, 1.54) is 11.1 Å². The van der Waals surface area contributed by atoms with Gasteiger partial charge in [-0.1, -0.05) is 67.1 Å². The van der Waals surface area contributed by atoms with Crippen molar-refractivity contribution >= 4 is 5.97 Å². The van der Waals surface area contributed by atoms with Gasteiger partial charge in [-0.25, -0.2) is 0 Å². The summed E-state index contributed by atoms with van der Waals surface area (Å²) in [5.41, 5.74) is 2.57. The van der Waals surface area contributed by atoms with Crippen molar-refractivity contribution in [3.05, 3.63) is 71.8 Å². The van der Waals surface area contributed by atoms with Crippen LogP contribution in [-0.2, 0) is 17.9 Å². The molecule has 1 fully saturated rings. The Kier molecular flexibility index (Phi) is 5.65. The summed E-state index contributed by atoms with van der Waals surface area (Å²) in [4.78, 5) is 13.9. The van der Waals surface area contributed by atoms with E-state index in [0.29, 0.717) is 6.04 Å². The van der Waals surface area contributed by atoms with E-state index in [4.69, 9.17) is 0 Å². The van der Waals surface area contributed by atoms with Gasteiger partial charge < -0.3 is 5.11 Å². The highest BCUT2D eigenvalue weighted by molar-refractivity contribution is 5.70. The number of carbonyl (C=O) groups is 1. The molecule has 1 saturated carbocycles. The predicted molar refractivity (Wildman–Crippen MR) is 95.5 cm³/mol. The van der Waals surface area contributed by atoms with Crippen LogP contribution in [0, 0.1) is 5.92 Å². The minimum absolute atomic E-state index is 0.196. The predicted octanol–water partition coefficient (Wildman–Crippen LogP) is 4.33. The molecule has 0 saturated heterocycles. The van der Waals surface area contributed by atoms with Gasteiger partial charge in [0.2, 0.25) is 0 Å². The number of aliphatic carboxylic acids is 1. The second-order valence-electron chi connectivity index (χ2n) is 6.73. The fourth-order valence-electron chi connectivity index (χ4n) is 3.67. The van der Waals surface area contributed by atoms with Crippen LogP contribution in [0.1, 0.15) is 36.8 Å². The Morgan fingerprint density at radius 2 is 1.46 bits per heavy atom. The van der Waals surface area contributed by atoms with E-state index in [1.807, 2.05) is 12.1 Å². The summed E-state index contributed by atoms with van der Waals surface area (Å²) >= 11 is 0. The molecule has 0 radical (unpaired) electrons. The summed E-state index contributed by atoms with van der Waals surface area (Å²) < 4.78 is 0. The number of carboxylic acids is 1. The van der Waals surface area contributed by atoms with E-state index in [1.54, 1.807) is 0 Å². The third-order valence-corrected chi connectivity index (χ3v) is 4.97. The van der Waals surface area contributed by atoms with Crippen LogP contribution in [0.4, 0.5) is 0 Å². The summed E-state index contributed by atoms with van der Waals surface area (Å²) in [6.07, 6.45) is 3.66. The third-order valence-electron chi connectivity index (χ3n) is 4.97. The fourth-order valence-corrected chi connectivity index (χ4v) is 3.67. The summed E-state index contributed by atoms with van der Waals surface area (Å²) in [5, 5.41) is 9.40. The van der Waals surface area contributed by atoms with Crippen LogP contribution in [0.5, 0.6) is 0 Å². The van der Waals surface area contributed by atoms with Crippen molar-refractivity contribution in [2.75, 3.05) is 0 Å². The van der Waals surface area contributed by atoms with Gasteiger partial charge in [-0.15, -0.1) is 0 Å². The van der Waals surface area contributed by atoms with Gasteiger partial charge in [-0.3, -0.25) is 9.69 Å². The molecule has 2 aromatic carbocycles. The topological polar surface area (TPSA) is 40.5 Å². The number of hydrogen-bond acceptors (Lipinski definition) is 2. The van der Waals surface area contributed by atoms with E-state index in [2.05, 4.69) is 53.4 Å². The lowest BCUT2D eigenvalue weighted by atomic mass is 9.84. The van der Waals surface area contributed by atoms with Crippen LogP contribution in [0.2, 0.25) is 0 Å². The first-order chi connectivity index (χ1) is 11.7. The van der Waals surface area contributed by atoms with Gasteiger partial charge in [-0.05, 0) is 30.4 Å². The Labute approximate surface area is 143 Å². The molecular weight excluding hydrogens is 298 g/mol. The molecule has 1 N–H and O–H groups in total. The molecule has 24 heavy (non-hydrogen) atoms. The van der Waals surface area contributed by atoms with Crippen LogP contribution in [0.3, 0.4) is 0 Å². The van der Waals surface area contributed by atoms with E-state index < -0.39 is 5.97 Å². The van der Waals surface area contributed by atoms with Gasteiger partial charge in [-0.2, -0.15) is 0 Å². The lowest BCUT2D eigenvalue weighted by Gasteiger charge is -2.36. The zero-order valence-corrected chi connectivity index (χ0v) is 14.0. The molecule has 126 valence electrons. The van der Waals surface area contributed by atoms with Crippen LogP contribution >= 0.6 is 0 Å². The number of rotatable bonds is 6. The summed E-state index contributed by atoms with van der Waals surface area (Å²) in [5.74, 6) is -0.836. The SMILES string of the molecule is O=C(O)[C@@H]1CCC[C@H](N(Cc2ccccc2)Cc2ccccc2)C1. The van der Waals surface area contributed by atoms with Crippen molar-refractivity contribution in [2.45, 2.75) is 44.8 Å². The third kappa shape index (κ3) is 4.45. The first kappa shape index (κ1) is 16.7. The quantitative estimate of drug-likeness (QED) is 0.860. The van der Waals surface area contributed by atoms with Crippen LogP contribution in [-0.4, -0.2) is 22.0 Å². The van der Waals surface area contributed by atoms with Crippen molar-refractivity contribution in [3.63, 3.8) is 0 Å². The van der Waals surface area contributed by atoms with Gasteiger partial charge in [0.05, 0.1) is 5.92 Å². The molecule has 3 heteroatoms. The van der Waals surface area contributed by atoms with E-state index in [-0.39, 0.29) is 5.92 Å². The molecule has 0 bridgehead atoms. The molecular formula is C21H25NO2. The molecule has 0 aliphatic heterocycles. The number of hydrogen-bond donors (Lipinski definition) is 1. The van der Waals surface area contributed by atoms with E-state index in [9.17, 15) is 9.90 Å². The summed E-state index contributed by atoms with van der Waals surface area (Å²) in [7, 11) is 0. The smallest absolute Gasteiger partial charge is 0.306 e. The molecule has 0 heterocycles. The molecule has 0 aromatic heterocycles. The maximum absolute atomic E-state index is 11.4. The Morgan fingerprint density at radius 1 is 0.917 bits per heavy atom. The highest BCUT2D eigenvalue weighted by Crippen LogP contribution is 2.30. The minimum Gasteiger partial charge on any atom is -0.481 e.